The van der Waals surface area contributed by atoms with Crippen molar-refractivity contribution in [2.75, 3.05) is 0 Å². The highest BCUT2D eigenvalue weighted by Crippen LogP contribution is 2.45. The summed E-state index contributed by atoms with van der Waals surface area (Å²) in [6.07, 6.45) is 0. The van der Waals surface area contributed by atoms with Crippen LogP contribution in [0.25, 0.3) is 116 Å². The van der Waals surface area contributed by atoms with Crippen molar-refractivity contribution in [3.63, 3.8) is 0 Å². The number of hydrogen-bond donors (Lipinski definition) is 0. The maximum atomic E-state index is 6.06. The molecule has 13 rings (SSSR count). The van der Waals surface area contributed by atoms with E-state index in [4.69, 9.17) is 9.97 Å². The van der Waals surface area contributed by atoms with Crippen LogP contribution < -0.4 is 0 Å². The minimum Gasteiger partial charge on any atom is -0.305 e. The van der Waals surface area contributed by atoms with Crippen molar-refractivity contribution < 1.29 is 0 Å². The third-order valence-corrected chi connectivity index (χ3v) is 14.1. The predicted molar refractivity (Wildman–Crippen MR) is 290 cm³/mol. The van der Waals surface area contributed by atoms with Crippen molar-refractivity contribution in [2.24, 2.45) is 0 Å². The van der Waals surface area contributed by atoms with Gasteiger partial charge in [-0.1, -0.05) is 124 Å². The Morgan fingerprint density at radius 1 is 0.290 bits per heavy atom. The van der Waals surface area contributed by atoms with Crippen LogP contribution in [0, 0.1) is 41.5 Å². The van der Waals surface area contributed by atoms with E-state index in [1.165, 1.54) is 65.7 Å². The van der Waals surface area contributed by atoms with E-state index in [0.717, 1.165) is 84.1 Å². The highest BCUT2D eigenvalue weighted by molar-refractivity contribution is 6.13. The van der Waals surface area contributed by atoms with Gasteiger partial charge < -0.3 is 4.57 Å². The molecule has 0 aliphatic heterocycles. The maximum absolute atomic E-state index is 6.06. The zero-order valence-corrected chi connectivity index (χ0v) is 39.6. The Morgan fingerprint density at radius 3 is 1.13 bits per heavy atom. The molecule has 0 amide bonds. The second-order valence-corrected chi connectivity index (χ2v) is 19.2. The van der Waals surface area contributed by atoms with Crippen molar-refractivity contribution in [1.82, 2.24) is 23.7 Å². The first kappa shape index (κ1) is 40.7. The number of aryl methyl sites for hydroxylation is 6. The highest BCUT2D eigenvalue weighted by Gasteiger charge is 2.27. The molecule has 5 aromatic heterocycles. The van der Waals surface area contributed by atoms with Crippen LogP contribution in [0.4, 0.5) is 0 Å². The van der Waals surface area contributed by atoms with E-state index in [9.17, 15) is 0 Å². The van der Waals surface area contributed by atoms with Gasteiger partial charge in [-0.3, -0.25) is 9.13 Å². The molecule has 0 saturated heterocycles. The van der Waals surface area contributed by atoms with Gasteiger partial charge in [0.15, 0.2) is 5.82 Å². The highest BCUT2D eigenvalue weighted by atomic mass is 15.2. The average Bonchev–Trinajstić information content (AvgIpc) is 3.97. The van der Waals surface area contributed by atoms with Gasteiger partial charge in [-0.05, 0) is 144 Å². The summed E-state index contributed by atoms with van der Waals surface area (Å²) in [6.45, 7) is 13.1. The number of pyridine rings is 2. The summed E-state index contributed by atoms with van der Waals surface area (Å²) in [5.41, 5.74) is 21.1. The lowest BCUT2D eigenvalue weighted by molar-refractivity contribution is 0.984. The van der Waals surface area contributed by atoms with Crippen LogP contribution in [0.1, 0.15) is 33.4 Å². The number of hydrogen-bond acceptors (Lipinski definition) is 2. The molecule has 5 heterocycles. The molecule has 0 spiro atoms. The van der Waals surface area contributed by atoms with Crippen molar-refractivity contribution in [3.8, 4) is 51.0 Å². The second kappa shape index (κ2) is 15.5. The van der Waals surface area contributed by atoms with Gasteiger partial charge in [0.25, 0.3) is 0 Å². The molecule has 0 aliphatic carbocycles. The first-order valence-electron chi connectivity index (χ1n) is 23.9. The fourth-order valence-corrected chi connectivity index (χ4v) is 10.9. The fourth-order valence-electron chi connectivity index (χ4n) is 10.9. The van der Waals surface area contributed by atoms with E-state index < -0.39 is 0 Å². The fraction of sp³-hybridized carbons (Fsp3) is 0.0938. The second-order valence-electron chi connectivity index (χ2n) is 19.2. The molecule has 0 fully saturated rings. The molecule has 0 atom stereocenters. The van der Waals surface area contributed by atoms with Gasteiger partial charge in [0.2, 0.25) is 0 Å². The van der Waals surface area contributed by atoms with Crippen LogP contribution >= 0.6 is 0 Å². The first-order chi connectivity index (χ1) is 33.6. The first-order valence-corrected chi connectivity index (χ1v) is 23.9. The van der Waals surface area contributed by atoms with Crippen molar-refractivity contribution in [3.05, 3.63) is 221 Å². The lowest BCUT2D eigenvalue weighted by Crippen LogP contribution is -2.11. The van der Waals surface area contributed by atoms with E-state index in [0.29, 0.717) is 0 Å². The van der Waals surface area contributed by atoms with E-state index >= 15 is 0 Å². The number of fused-ring (bicyclic) bond motifs is 9. The minimum absolute atomic E-state index is 0.840. The zero-order valence-electron chi connectivity index (χ0n) is 39.6. The molecule has 0 N–H and O–H groups in total. The minimum atomic E-state index is 0.840. The quantitative estimate of drug-likeness (QED) is 0.167. The Hall–Kier alpha value is -8.54. The summed E-state index contributed by atoms with van der Waals surface area (Å²) in [6, 6.07) is 69.2. The zero-order chi connectivity index (χ0) is 46.7. The monoisotopic (exact) mass is 887 g/mol. The van der Waals surface area contributed by atoms with Gasteiger partial charge in [-0.15, -0.1) is 0 Å². The van der Waals surface area contributed by atoms with Crippen molar-refractivity contribution >= 4 is 65.4 Å². The normalized spacial score (nSPS) is 11.9. The molecule has 13 aromatic rings. The SMILES string of the molecule is Cc1ccc2c(c1)c1cc(C)ccc1n2-c1cc(-c2cccc(-c3cccc(-c4ccccc4)n3)c2)c(-n2c3ccc(C)cc3c3cc(C)ccc32)c(-n2c3ccc(C)cc3c3cc(C)ccc32)n1. The Bertz CT molecular complexity index is 4080. The molecular weight excluding hydrogens is 839 g/mol. The summed E-state index contributed by atoms with van der Waals surface area (Å²) in [7, 11) is 0. The summed E-state index contributed by atoms with van der Waals surface area (Å²) in [4.78, 5) is 11.3. The molecule has 0 saturated carbocycles. The van der Waals surface area contributed by atoms with E-state index in [2.05, 4.69) is 237 Å². The van der Waals surface area contributed by atoms with Crippen molar-refractivity contribution in [1.29, 1.82) is 0 Å². The summed E-state index contributed by atoms with van der Waals surface area (Å²) >= 11 is 0. The van der Waals surface area contributed by atoms with E-state index in [1.54, 1.807) is 0 Å². The largest absolute Gasteiger partial charge is 0.305 e. The van der Waals surface area contributed by atoms with Crippen LogP contribution in [0.2, 0.25) is 0 Å². The smallest absolute Gasteiger partial charge is 0.165 e. The van der Waals surface area contributed by atoms with Gasteiger partial charge in [-0.2, -0.15) is 0 Å². The number of aromatic nitrogens is 5. The molecule has 5 nitrogen and oxygen atoms in total. The standard InChI is InChI=1S/C64H49N5/c1-38-18-24-56-48(30-38)49-31-39(2)19-25-57(49)67(56)62-37-47(45-14-10-15-46(36-45)55-17-11-16-54(65-55)44-12-8-7-9-13-44)63(68-58-26-20-40(3)32-50(58)51-33-41(4)21-27-59(51)68)64(66-62)69-60-28-22-42(5)34-52(60)53-35-43(6)23-29-61(53)69/h7-37H,1-6H3. The van der Waals surface area contributed by atoms with Crippen molar-refractivity contribution in [2.45, 2.75) is 41.5 Å². The summed E-state index contributed by atoms with van der Waals surface area (Å²) in [5, 5.41) is 7.26. The van der Waals surface area contributed by atoms with Crippen LogP contribution in [0.3, 0.4) is 0 Å². The van der Waals surface area contributed by atoms with Gasteiger partial charge in [0.05, 0.1) is 50.2 Å². The third kappa shape index (κ3) is 6.52. The lowest BCUT2D eigenvalue weighted by atomic mass is 9.99. The Balaban J connectivity index is 1.22. The Labute approximate surface area is 401 Å². The van der Waals surface area contributed by atoms with Gasteiger partial charge in [0, 0.05) is 49.0 Å². The topological polar surface area (TPSA) is 40.6 Å². The number of benzene rings is 8. The summed E-state index contributed by atoms with van der Waals surface area (Å²) < 4.78 is 7.31. The molecule has 5 heteroatoms. The van der Waals surface area contributed by atoms with Gasteiger partial charge in [-0.25, -0.2) is 9.97 Å². The Morgan fingerprint density at radius 2 is 0.667 bits per heavy atom. The molecule has 69 heavy (non-hydrogen) atoms. The number of nitrogens with zero attached hydrogens (tertiary/aromatic N) is 5. The molecule has 8 aromatic carbocycles. The molecule has 0 aliphatic rings. The number of rotatable bonds is 6. The van der Waals surface area contributed by atoms with Crippen LogP contribution in [-0.4, -0.2) is 23.7 Å². The maximum Gasteiger partial charge on any atom is 0.165 e. The average molecular weight is 888 g/mol. The molecule has 0 unspecified atom stereocenters. The predicted octanol–water partition coefficient (Wildman–Crippen LogP) is 16.6. The molecule has 0 radical (unpaired) electrons. The van der Waals surface area contributed by atoms with Gasteiger partial charge >= 0.3 is 0 Å². The summed E-state index contributed by atoms with van der Waals surface area (Å²) in [5.74, 6) is 1.69. The molecule has 330 valence electrons. The Kier molecular flexibility index (Phi) is 9.15. The molecule has 0 bridgehead atoms. The van der Waals surface area contributed by atoms with Crippen LogP contribution in [0.5, 0.6) is 0 Å². The van der Waals surface area contributed by atoms with Crippen LogP contribution in [-0.2, 0) is 0 Å². The van der Waals surface area contributed by atoms with E-state index in [1.807, 2.05) is 6.07 Å². The van der Waals surface area contributed by atoms with E-state index in [-0.39, 0.29) is 0 Å². The lowest BCUT2D eigenvalue weighted by Gasteiger charge is -2.22. The third-order valence-electron chi connectivity index (χ3n) is 14.1. The van der Waals surface area contributed by atoms with Gasteiger partial charge in [0.1, 0.15) is 5.82 Å². The molecular formula is C64H49N5. The van der Waals surface area contributed by atoms with Crippen LogP contribution in [0.15, 0.2) is 188 Å².